The molecule has 21 heavy (non-hydrogen) atoms. The van der Waals surface area contributed by atoms with Crippen molar-refractivity contribution in [1.29, 1.82) is 0 Å². The van der Waals surface area contributed by atoms with E-state index in [4.69, 9.17) is 9.84 Å². The maximum Gasteiger partial charge on any atom is 0.326 e. The van der Waals surface area contributed by atoms with Gasteiger partial charge in [0.25, 0.3) is 0 Å². The fourth-order valence-electron chi connectivity index (χ4n) is 1.93. The molecule has 116 valence electrons. The van der Waals surface area contributed by atoms with Crippen molar-refractivity contribution in [3.8, 4) is 0 Å². The SMILES string of the molecule is CC(C)C[C@H](NC(=O)COCCc1ccccc1)C(=O)O. The Kier molecular flexibility index (Phi) is 7.46. The molecule has 0 heterocycles. The molecule has 0 fully saturated rings. The Hall–Kier alpha value is -1.88. The van der Waals surface area contributed by atoms with Crippen molar-refractivity contribution in [2.75, 3.05) is 13.2 Å². The van der Waals surface area contributed by atoms with Gasteiger partial charge in [0, 0.05) is 0 Å². The van der Waals surface area contributed by atoms with Crippen molar-refractivity contribution in [3.05, 3.63) is 35.9 Å². The molecular formula is C16H23NO4. The van der Waals surface area contributed by atoms with Crippen LogP contribution in [0.15, 0.2) is 30.3 Å². The molecule has 0 aliphatic carbocycles. The third-order valence-corrected chi connectivity index (χ3v) is 2.95. The van der Waals surface area contributed by atoms with Crippen LogP contribution in [-0.4, -0.2) is 36.2 Å². The van der Waals surface area contributed by atoms with Crippen LogP contribution in [0.5, 0.6) is 0 Å². The molecule has 5 heteroatoms. The first-order chi connectivity index (χ1) is 9.99. The summed E-state index contributed by atoms with van der Waals surface area (Å²) in [5.74, 6) is -1.21. The Morgan fingerprint density at radius 1 is 1.24 bits per heavy atom. The smallest absolute Gasteiger partial charge is 0.326 e. The summed E-state index contributed by atoms with van der Waals surface area (Å²) in [6.07, 6.45) is 1.13. The molecule has 0 saturated carbocycles. The summed E-state index contributed by atoms with van der Waals surface area (Å²) in [7, 11) is 0. The van der Waals surface area contributed by atoms with Crippen LogP contribution in [-0.2, 0) is 20.7 Å². The van der Waals surface area contributed by atoms with E-state index in [1.165, 1.54) is 0 Å². The third kappa shape index (κ3) is 7.46. The third-order valence-electron chi connectivity index (χ3n) is 2.95. The van der Waals surface area contributed by atoms with Crippen LogP contribution < -0.4 is 5.32 Å². The maximum absolute atomic E-state index is 11.7. The molecule has 1 aromatic rings. The highest BCUT2D eigenvalue weighted by Gasteiger charge is 2.20. The largest absolute Gasteiger partial charge is 0.480 e. The van der Waals surface area contributed by atoms with Gasteiger partial charge in [-0.15, -0.1) is 0 Å². The lowest BCUT2D eigenvalue weighted by Crippen LogP contribution is -2.43. The zero-order valence-electron chi connectivity index (χ0n) is 12.5. The molecule has 0 aliphatic rings. The number of aliphatic carboxylic acids is 1. The zero-order valence-corrected chi connectivity index (χ0v) is 12.5. The van der Waals surface area contributed by atoms with Crippen LogP contribution in [0.2, 0.25) is 0 Å². The lowest BCUT2D eigenvalue weighted by molar-refractivity contribution is -0.143. The first-order valence-corrected chi connectivity index (χ1v) is 7.13. The molecule has 0 bridgehead atoms. The van der Waals surface area contributed by atoms with Crippen LogP contribution in [0, 0.1) is 5.92 Å². The number of hydrogen-bond acceptors (Lipinski definition) is 3. The van der Waals surface area contributed by atoms with Crippen molar-refractivity contribution < 1.29 is 19.4 Å². The Bertz CT molecular complexity index is 445. The standard InChI is InChI=1S/C16H23NO4/c1-12(2)10-14(16(19)20)17-15(18)11-21-9-8-13-6-4-3-5-7-13/h3-7,12,14H,8-11H2,1-2H3,(H,17,18)(H,19,20)/t14-/m0/s1. The Labute approximate surface area is 125 Å². The summed E-state index contributed by atoms with van der Waals surface area (Å²) in [4.78, 5) is 22.7. The van der Waals surface area contributed by atoms with Gasteiger partial charge in [-0.25, -0.2) is 4.79 Å². The summed E-state index contributed by atoms with van der Waals surface area (Å²) in [5.41, 5.74) is 1.14. The fourth-order valence-corrected chi connectivity index (χ4v) is 1.93. The Balaban J connectivity index is 2.25. The van der Waals surface area contributed by atoms with E-state index in [0.717, 1.165) is 12.0 Å². The Morgan fingerprint density at radius 2 is 1.90 bits per heavy atom. The molecule has 5 nitrogen and oxygen atoms in total. The number of rotatable bonds is 9. The van der Waals surface area contributed by atoms with Gasteiger partial charge in [-0.05, 0) is 24.3 Å². The number of nitrogens with one attached hydrogen (secondary N) is 1. The molecule has 1 atom stereocenters. The zero-order chi connectivity index (χ0) is 15.7. The maximum atomic E-state index is 11.7. The van der Waals surface area contributed by atoms with Gasteiger partial charge in [-0.1, -0.05) is 44.2 Å². The quantitative estimate of drug-likeness (QED) is 0.681. The lowest BCUT2D eigenvalue weighted by Gasteiger charge is -2.16. The average molecular weight is 293 g/mol. The second-order valence-corrected chi connectivity index (χ2v) is 5.38. The van der Waals surface area contributed by atoms with E-state index in [9.17, 15) is 9.59 Å². The molecule has 0 radical (unpaired) electrons. The number of ether oxygens (including phenoxy) is 1. The minimum absolute atomic E-state index is 0.116. The normalized spacial score (nSPS) is 12.1. The second kappa shape index (κ2) is 9.13. The van der Waals surface area contributed by atoms with Gasteiger partial charge in [0.1, 0.15) is 12.6 Å². The molecule has 2 N–H and O–H groups in total. The average Bonchev–Trinajstić information content (AvgIpc) is 2.43. The molecule has 0 saturated heterocycles. The van der Waals surface area contributed by atoms with E-state index in [1.54, 1.807) is 0 Å². The summed E-state index contributed by atoms with van der Waals surface area (Å²) >= 11 is 0. The van der Waals surface area contributed by atoms with E-state index in [0.29, 0.717) is 13.0 Å². The van der Waals surface area contributed by atoms with Gasteiger partial charge < -0.3 is 15.2 Å². The van der Waals surface area contributed by atoms with Crippen LogP contribution in [0.4, 0.5) is 0 Å². The highest BCUT2D eigenvalue weighted by Crippen LogP contribution is 2.05. The highest BCUT2D eigenvalue weighted by atomic mass is 16.5. The number of carboxylic acids is 1. The predicted octanol–water partition coefficient (Wildman–Crippen LogP) is 1.86. The minimum Gasteiger partial charge on any atom is -0.480 e. The van der Waals surface area contributed by atoms with Crippen LogP contribution >= 0.6 is 0 Å². The van der Waals surface area contributed by atoms with Gasteiger partial charge in [0.05, 0.1) is 6.61 Å². The number of carbonyl (C=O) groups excluding carboxylic acids is 1. The molecule has 0 aliphatic heterocycles. The Morgan fingerprint density at radius 3 is 2.48 bits per heavy atom. The van der Waals surface area contributed by atoms with E-state index >= 15 is 0 Å². The molecule has 0 aromatic heterocycles. The van der Waals surface area contributed by atoms with Crippen molar-refractivity contribution >= 4 is 11.9 Å². The number of hydrogen-bond donors (Lipinski definition) is 2. The van der Waals surface area contributed by atoms with Crippen molar-refractivity contribution in [2.45, 2.75) is 32.7 Å². The van der Waals surface area contributed by atoms with Crippen molar-refractivity contribution in [2.24, 2.45) is 5.92 Å². The predicted molar refractivity (Wildman–Crippen MR) is 80.0 cm³/mol. The summed E-state index contributed by atoms with van der Waals surface area (Å²) in [5, 5.41) is 11.5. The van der Waals surface area contributed by atoms with E-state index < -0.39 is 17.9 Å². The molecular weight excluding hydrogens is 270 g/mol. The second-order valence-electron chi connectivity index (χ2n) is 5.38. The van der Waals surface area contributed by atoms with Crippen LogP contribution in [0.3, 0.4) is 0 Å². The lowest BCUT2D eigenvalue weighted by atomic mass is 10.0. The van der Waals surface area contributed by atoms with E-state index in [-0.39, 0.29) is 12.5 Å². The highest BCUT2D eigenvalue weighted by molar-refractivity contribution is 5.84. The van der Waals surface area contributed by atoms with Crippen molar-refractivity contribution in [3.63, 3.8) is 0 Å². The number of carbonyl (C=O) groups is 2. The topological polar surface area (TPSA) is 75.6 Å². The van der Waals surface area contributed by atoms with Gasteiger partial charge in [-0.3, -0.25) is 4.79 Å². The van der Waals surface area contributed by atoms with E-state index in [2.05, 4.69) is 5.32 Å². The number of benzene rings is 1. The molecule has 0 unspecified atom stereocenters. The van der Waals surface area contributed by atoms with Crippen LogP contribution in [0.25, 0.3) is 0 Å². The number of amides is 1. The van der Waals surface area contributed by atoms with E-state index in [1.807, 2.05) is 44.2 Å². The van der Waals surface area contributed by atoms with Crippen LogP contribution in [0.1, 0.15) is 25.8 Å². The molecule has 1 aromatic carbocycles. The molecule has 1 rings (SSSR count). The van der Waals surface area contributed by atoms with Gasteiger partial charge in [-0.2, -0.15) is 0 Å². The first kappa shape index (κ1) is 17.2. The molecule has 1 amide bonds. The number of carboxylic acid groups (broad SMARTS) is 1. The monoisotopic (exact) mass is 293 g/mol. The summed E-state index contributed by atoms with van der Waals surface area (Å²) < 4.78 is 5.28. The summed E-state index contributed by atoms with van der Waals surface area (Å²) in [6.45, 7) is 4.14. The first-order valence-electron chi connectivity index (χ1n) is 7.13. The minimum atomic E-state index is -1.01. The van der Waals surface area contributed by atoms with Crippen molar-refractivity contribution in [1.82, 2.24) is 5.32 Å². The van der Waals surface area contributed by atoms with Gasteiger partial charge in [0.2, 0.25) is 5.91 Å². The fraction of sp³-hybridized carbons (Fsp3) is 0.500. The van der Waals surface area contributed by atoms with Gasteiger partial charge >= 0.3 is 5.97 Å². The molecule has 0 spiro atoms. The van der Waals surface area contributed by atoms with Gasteiger partial charge in [0.15, 0.2) is 0 Å². The summed E-state index contributed by atoms with van der Waals surface area (Å²) in [6, 6.07) is 8.98.